The van der Waals surface area contributed by atoms with Crippen LogP contribution >= 0.6 is 8.92 Å². The van der Waals surface area contributed by atoms with Gasteiger partial charge in [0.2, 0.25) is 0 Å². The van der Waals surface area contributed by atoms with Crippen molar-refractivity contribution in [2.24, 2.45) is 0 Å². The number of hydrogen-bond donors (Lipinski definition) is 0. The zero-order valence-corrected chi connectivity index (χ0v) is 13.8. The van der Waals surface area contributed by atoms with E-state index in [1.54, 1.807) is 0 Å². The Hall–Kier alpha value is 0.759. The molecule has 0 heterocycles. The molecule has 0 spiro atoms. The number of hydrogen-bond acceptors (Lipinski definition) is 1. The Labute approximate surface area is 103 Å². The van der Waals surface area contributed by atoms with Crippen LogP contribution in [0.5, 0.6) is 0 Å². The molecule has 0 saturated carbocycles. The van der Waals surface area contributed by atoms with Crippen molar-refractivity contribution in [3.05, 3.63) is 0 Å². The molecule has 0 radical (unpaired) electrons. The van der Waals surface area contributed by atoms with E-state index in [0.29, 0.717) is 6.42 Å². The summed E-state index contributed by atoms with van der Waals surface area (Å²) >= 11 is -2.27. The Morgan fingerprint density at radius 1 is 1.00 bits per heavy atom. The van der Waals surface area contributed by atoms with Gasteiger partial charge >= 0.3 is 103 Å². The van der Waals surface area contributed by atoms with Gasteiger partial charge < -0.3 is 0 Å². The van der Waals surface area contributed by atoms with Crippen molar-refractivity contribution in [1.82, 2.24) is 0 Å². The molecule has 3 heteroatoms. The van der Waals surface area contributed by atoms with Crippen LogP contribution in [-0.2, 0) is 4.79 Å². The van der Waals surface area contributed by atoms with Gasteiger partial charge in [0, 0.05) is 0 Å². The third-order valence-corrected chi connectivity index (χ3v) is 17.4. The van der Waals surface area contributed by atoms with Gasteiger partial charge in [-0.15, -0.1) is 0 Å². The predicted octanol–water partition coefficient (Wildman–Crippen LogP) is 4.75. The van der Waals surface area contributed by atoms with E-state index in [-0.39, 0.29) is 0 Å². The maximum atomic E-state index is 10.3. The van der Waals surface area contributed by atoms with Gasteiger partial charge in [0.1, 0.15) is 0 Å². The second-order valence-electron chi connectivity index (χ2n) is 4.42. The average molecular weight is 339 g/mol. The van der Waals surface area contributed by atoms with Gasteiger partial charge in [0.25, 0.3) is 0 Å². The van der Waals surface area contributed by atoms with E-state index in [2.05, 4.69) is 13.8 Å². The molecule has 0 bridgehead atoms. The quantitative estimate of drug-likeness (QED) is 0.319. The second kappa shape index (κ2) is 9.95. The minimum atomic E-state index is -2.27. The van der Waals surface area contributed by atoms with E-state index in [9.17, 15) is 4.79 Å². The molecule has 0 amide bonds. The van der Waals surface area contributed by atoms with Crippen molar-refractivity contribution in [2.45, 2.75) is 65.7 Å². The van der Waals surface area contributed by atoms with Crippen LogP contribution < -0.4 is 0 Å². The molecule has 0 aromatic carbocycles. The van der Waals surface area contributed by atoms with Crippen LogP contribution in [0.2, 0.25) is 13.3 Å². The Morgan fingerprint density at radius 2 is 1.47 bits per heavy atom. The molecule has 0 unspecified atom stereocenters. The second-order valence-corrected chi connectivity index (χ2v) is 20.6. The monoisotopic (exact) mass is 340 g/mol. The van der Waals surface area contributed by atoms with Crippen LogP contribution in [0.4, 0.5) is 0 Å². The molecule has 15 heavy (non-hydrogen) atoms. The Kier molecular flexibility index (Phi) is 10.5. The van der Waals surface area contributed by atoms with Gasteiger partial charge in [-0.05, 0) is 0 Å². The van der Waals surface area contributed by atoms with Crippen molar-refractivity contribution in [2.75, 3.05) is 0 Å². The van der Waals surface area contributed by atoms with Crippen molar-refractivity contribution in [1.29, 1.82) is 0 Å². The van der Waals surface area contributed by atoms with Crippen LogP contribution in [0.3, 0.4) is 0 Å². The SMILES string of the molecule is CCC[CH2][Sn]([Cl])([CH2]CCC)[CH2]CCC=O. The molecule has 0 rings (SSSR count). The van der Waals surface area contributed by atoms with E-state index >= 15 is 0 Å². The number of rotatable bonds is 10. The van der Waals surface area contributed by atoms with Crippen molar-refractivity contribution >= 4 is 32.5 Å². The zero-order valence-electron chi connectivity index (χ0n) is 10.2. The normalized spacial score (nSPS) is 11.7. The van der Waals surface area contributed by atoms with Gasteiger partial charge in [0.05, 0.1) is 0 Å². The molecule has 0 aliphatic heterocycles. The molecular weight excluding hydrogens is 314 g/mol. The number of carbonyl (C=O) groups excluding carboxylic acids is 1. The summed E-state index contributed by atoms with van der Waals surface area (Å²) in [5.41, 5.74) is 0. The van der Waals surface area contributed by atoms with Gasteiger partial charge in [0.15, 0.2) is 0 Å². The van der Waals surface area contributed by atoms with Crippen LogP contribution in [0.15, 0.2) is 0 Å². The molecule has 0 aromatic rings. The Balaban J connectivity index is 3.94. The first-order valence-corrected chi connectivity index (χ1v) is 16.0. The molecular formula is C12H25ClOSn. The number of unbranched alkanes of at least 4 members (excludes halogenated alkanes) is 3. The summed E-state index contributed by atoms with van der Waals surface area (Å²) in [5, 5.41) is 0. The van der Waals surface area contributed by atoms with E-state index in [1.165, 1.54) is 39.0 Å². The first-order chi connectivity index (χ1) is 7.18. The average Bonchev–Trinajstić information content (AvgIpc) is 2.24. The Bertz CT molecular complexity index is 154. The molecule has 0 N–H and O–H groups in total. The molecule has 90 valence electrons. The first-order valence-electron chi connectivity index (χ1n) is 6.31. The standard InChI is InChI=1S/C4H7O.2C4H9.ClH.Sn/c1-2-3-4-5;2*1-3-4-2;;/h4H,1-3H2;2*1,3-4H2,2H3;1H;/q;;;;+1/p-1. The van der Waals surface area contributed by atoms with E-state index < -0.39 is 17.3 Å². The van der Waals surface area contributed by atoms with E-state index in [1.807, 2.05) is 0 Å². The van der Waals surface area contributed by atoms with Crippen molar-refractivity contribution in [3.8, 4) is 0 Å². The summed E-state index contributed by atoms with van der Waals surface area (Å²) in [4.78, 5) is 10.3. The number of aldehydes is 1. The number of halogens is 1. The molecule has 0 atom stereocenters. The summed E-state index contributed by atoms with van der Waals surface area (Å²) < 4.78 is 3.83. The fraction of sp³-hybridized carbons (Fsp3) is 0.917. The molecule has 0 aliphatic carbocycles. The molecule has 0 fully saturated rings. The summed E-state index contributed by atoms with van der Waals surface area (Å²) in [6, 6.07) is 0. The van der Waals surface area contributed by atoms with Crippen LogP contribution in [0, 0.1) is 0 Å². The predicted molar refractivity (Wildman–Crippen MR) is 71.1 cm³/mol. The molecule has 0 aliphatic rings. The summed E-state index contributed by atoms with van der Waals surface area (Å²) in [6.07, 6.45) is 7.88. The van der Waals surface area contributed by atoms with Gasteiger partial charge in [-0.2, -0.15) is 0 Å². The fourth-order valence-corrected chi connectivity index (χ4v) is 14.7. The summed E-state index contributed by atoms with van der Waals surface area (Å²) in [6.45, 7) is 4.46. The third-order valence-electron chi connectivity index (χ3n) is 2.90. The third kappa shape index (κ3) is 8.55. The first kappa shape index (κ1) is 15.8. The topological polar surface area (TPSA) is 17.1 Å². The minimum absolute atomic E-state index is 0.712. The molecule has 0 saturated heterocycles. The maximum absolute atomic E-state index is 10.3. The Morgan fingerprint density at radius 3 is 1.87 bits per heavy atom. The van der Waals surface area contributed by atoms with Crippen molar-refractivity contribution < 1.29 is 4.79 Å². The van der Waals surface area contributed by atoms with E-state index in [0.717, 1.165) is 12.7 Å². The van der Waals surface area contributed by atoms with Gasteiger partial charge in [-0.1, -0.05) is 0 Å². The summed E-state index contributed by atoms with van der Waals surface area (Å²) in [7, 11) is 6.83. The number of carbonyl (C=O) groups is 1. The van der Waals surface area contributed by atoms with E-state index in [4.69, 9.17) is 8.92 Å². The molecule has 0 aromatic heterocycles. The fourth-order valence-electron chi connectivity index (χ4n) is 1.86. The molecule has 1 nitrogen and oxygen atoms in total. The van der Waals surface area contributed by atoms with Crippen LogP contribution in [0.25, 0.3) is 0 Å². The van der Waals surface area contributed by atoms with Gasteiger partial charge in [-0.3, -0.25) is 0 Å². The van der Waals surface area contributed by atoms with Crippen molar-refractivity contribution in [3.63, 3.8) is 0 Å². The van der Waals surface area contributed by atoms with Gasteiger partial charge in [-0.25, -0.2) is 0 Å². The van der Waals surface area contributed by atoms with Crippen LogP contribution in [0.1, 0.15) is 52.4 Å². The summed E-state index contributed by atoms with van der Waals surface area (Å²) in [5.74, 6) is 0. The van der Waals surface area contributed by atoms with Crippen LogP contribution in [-0.4, -0.2) is 23.5 Å². The zero-order chi connectivity index (χ0) is 11.6.